The Hall–Kier alpha value is -1.03. The maximum absolute atomic E-state index is 6.31. The van der Waals surface area contributed by atoms with Crippen LogP contribution in [0.4, 0.5) is 11.8 Å². The average Bonchev–Trinajstić information content (AvgIpc) is 2.51. The SMILES string of the molecule is CCNc1ncc(Cl)c(N2CCC3(CCCCC3)CC2)n1. The van der Waals surface area contributed by atoms with Crippen molar-refractivity contribution < 1.29 is 0 Å². The van der Waals surface area contributed by atoms with Gasteiger partial charge in [-0.1, -0.05) is 30.9 Å². The standard InChI is InChI=1S/C16H25ClN4/c1-2-18-15-19-12-13(17)14(20-15)21-10-8-16(9-11-21)6-4-3-5-7-16/h12H,2-11H2,1H3,(H,18,19,20). The van der Waals surface area contributed by atoms with E-state index in [0.717, 1.165) is 25.5 Å². The molecule has 21 heavy (non-hydrogen) atoms. The molecule has 1 aromatic rings. The number of halogens is 1. The van der Waals surface area contributed by atoms with E-state index in [-0.39, 0.29) is 0 Å². The Morgan fingerprint density at radius 1 is 1.19 bits per heavy atom. The van der Waals surface area contributed by atoms with Gasteiger partial charge in [0.25, 0.3) is 0 Å². The number of aromatic nitrogens is 2. The molecule has 1 spiro atoms. The van der Waals surface area contributed by atoms with Gasteiger partial charge in [0.05, 0.1) is 6.20 Å². The van der Waals surface area contributed by atoms with E-state index in [1.807, 2.05) is 6.92 Å². The van der Waals surface area contributed by atoms with E-state index in [1.165, 1.54) is 44.9 Å². The second-order valence-electron chi connectivity index (χ2n) is 6.44. The van der Waals surface area contributed by atoms with Crippen molar-refractivity contribution in [3.63, 3.8) is 0 Å². The first kappa shape index (κ1) is 14.9. The third-order valence-corrected chi connectivity index (χ3v) is 5.36. The number of piperidine rings is 1. The summed E-state index contributed by atoms with van der Waals surface area (Å²) in [5.74, 6) is 1.57. The van der Waals surface area contributed by atoms with Gasteiger partial charge in [0.2, 0.25) is 5.95 Å². The Balaban J connectivity index is 1.70. The average molecular weight is 309 g/mol. The summed E-state index contributed by atoms with van der Waals surface area (Å²) in [5.41, 5.74) is 0.610. The number of nitrogens with one attached hydrogen (secondary N) is 1. The van der Waals surface area contributed by atoms with Crippen LogP contribution in [0.15, 0.2) is 6.20 Å². The zero-order valence-corrected chi connectivity index (χ0v) is 13.6. The quantitative estimate of drug-likeness (QED) is 0.912. The summed E-state index contributed by atoms with van der Waals surface area (Å²) in [6, 6.07) is 0. The van der Waals surface area contributed by atoms with Crippen LogP contribution >= 0.6 is 11.6 Å². The normalized spacial score (nSPS) is 21.5. The summed E-state index contributed by atoms with van der Waals surface area (Å²) in [6.07, 6.45) is 11.4. The molecule has 0 aromatic carbocycles. The van der Waals surface area contributed by atoms with Crippen molar-refractivity contribution in [3.05, 3.63) is 11.2 Å². The highest BCUT2D eigenvalue weighted by atomic mass is 35.5. The number of nitrogens with zero attached hydrogens (tertiary/aromatic N) is 3. The van der Waals surface area contributed by atoms with Crippen LogP contribution in [0, 0.1) is 5.41 Å². The van der Waals surface area contributed by atoms with Gasteiger partial charge in [0.1, 0.15) is 5.02 Å². The van der Waals surface area contributed by atoms with Gasteiger partial charge in [-0.3, -0.25) is 0 Å². The summed E-state index contributed by atoms with van der Waals surface area (Å²) in [7, 11) is 0. The highest BCUT2D eigenvalue weighted by Gasteiger charge is 2.36. The van der Waals surface area contributed by atoms with Crippen molar-refractivity contribution >= 4 is 23.4 Å². The second kappa shape index (κ2) is 6.39. The first-order chi connectivity index (χ1) is 10.2. The van der Waals surface area contributed by atoms with Crippen molar-refractivity contribution in [2.75, 3.05) is 29.9 Å². The fourth-order valence-electron chi connectivity index (χ4n) is 3.82. The molecule has 1 saturated carbocycles. The largest absolute Gasteiger partial charge is 0.355 e. The highest BCUT2D eigenvalue weighted by molar-refractivity contribution is 6.32. The van der Waals surface area contributed by atoms with E-state index >= 15 is 0 Å². The van der Waals surface area contributed by atoms with Crippen LogP contribution in [0.3, 0.4) is 0 Å². The Bertz CT molecular complexity index is 475. The molecule has 2 aliphatic rings. The van der Waals surface area contributed by atoms with Gasteiger partial charge in [-0.25, -0.2) is 4.98 Å². The lowest BCUT2D eigenvalue weighted by Crippen LogP contribution is -2.41. The van der Waals surface area contributed by atoms with E-state index in [0.29, 0.717) is 16.4 Å². The molecule has 4 nitrogen and oxygen atoms in total. The van der Waals surface area contributed by atoms with Crippen LogP contribution < -0.4 is 10.2 Å². The Morgan fingerprint density at radius 2 is 1.90 bits per heavy atom. The molecular formula is C16H25ClN4. The molecule has 0 bridgehead atoms. The van der Waals surface area contributed by atoms with Gasteiger partial charge in [-0.2, -0.15) is 4.98 Å². The lowest BCUT2D eigenvalue weighted by atomic mass is 9.68. The van der Waals surface area contributed by atoms with Crippen molar-refractivity contribution in [2.24, 2.45) is 5.41 Å². The molecule has 1 N–H and O–H groups in total. The molecule has 0 atom stereocenters. The molecule has 0 radical (unpaired) electrons. The summed E-state index contributed by atoms with van der Waals surface area (Å²) < 4.78 is 0. The van der Waals surface area contributed by atoms with Crippen molar-refractivity contribution in [3.8, 4) is 0 Å². The van der Waals surface area contributed by atoms with E-state index in [2.05, 4.69) is 20.2 Å². The summed E-state index contributed by atoms with van der Waals surface area (Å²) in [4.78, 5) is 11.2. The molecule has 1 aliphatic heterocycles. The number of hydrogen-bond donors (Lipinski definition) is 1. The van der Waals surface area contributed by atoms with Gasteiger partial charge in [0, 0.05) is 19.6 Å². The van der Waals surface area contributed by atoms with Crippen LogP contribution in [-0.2, 0) is 0 Å². The van der Waals surface area contributed by atoms with E-state index in [9.17, 15) is 0 Å². The molecule has 3 rings (SSSR count). The van der Waals surface area contributed by atoms with Gasteiger partial charge < -0.3 is 10.2 Å². The van der Waals surface area contributed by atoms with Crippen LogP contribution in [0.5, 0.6) is 0 Å². The number of rotatable bonds is 3. The fraction of sp³-hybridized carbons (Fsp3) is 0.750. The molecule has 1 saturated heterocycles. The molecule has 2 fully saturated rings. The minimum absolute atomic E-state index is 0.610. The maximum Gasteiger partial charge on any atom is 0.224 e. The predicted octanol–water partition coefficient (Wildman–Crippen LogP) is 4.11. The predicted molar refractivity (Wildman–Crippen MR) is 88.2 cm³/mol. The van der Waals surface area contributed by atoms with Gasteiger partial charge in [-0.05, 0) is 38.0 Å². The fourth-order valence-corrected chi connectivity index (χ4v) is 4.03. The van der Waals surface area contributed by atoms with E-state index in [1.54, 1.807) is 6.20 Å². The van der Waals surface area contributed by atoms with Crippen molar-refractivity contribution in [1.82, 2.24) is 9.97 Å². The zero-order chi connectivity index (χ0) is 14.7. The van der Waals surface area contributed by atoms with Crippen LogP contribution in [0.25, 0.3) is 0 Å². The lowest BCUT2D eigenvalue weighted by molar-refractivity contribution is 0.144. The Labute approximate surface area is 132 Å². The topological polar surface area (TPSA) is 41.1 Å². The molecule has 1 aliphatic carbocycles. The van der Waals surface area contributed by atoms with Crippen molar-refractivity contribution in [2.45, 2.75) is 51.9 Å². The molecule has 0 amide bonds. The maximum atomic E-state index is 6.31. The first-order valence-electron chi connectivity index (χ1n) is 8.24. The third kappa shape index (κ3) is 3.25. The van der Waals surface area contributed by atoms with Gasteiger partial charge in [-0.15, -0.1) is 0 Å². The molecule has 2 heterocycles. The first-order valence-corrected chi connectivity index (χ1v) is 8.62. The third-order valence-electron chi connectivity index (χ3n) is 5.10. The molecule has 1 aromatic heterocycles. The van der Waals surface area contributed by atoms with Crippen LogP contribution in [0.2, 0.25) is 5.02 Å². The number of anilines is 2. The lowest BCUT2D eigenvalue weighted by Gasteiger charge is -2.44. The van der Waals surface area contributed by atoms with E-state index < -0.39 is 0 Å². The molecular weight excluding hydrogens is 284 g/mol. The smallest absolute Gasteiger partial charge is 0.224 e. The van der Waals surface area contributed by atoms with Crippen molar-refractivity contribution in [1.29, 1.82) is 0 Å². The highest BCUT2D eigenvalue weighted by Crippen LogP contribution is 2.45. The second-order valence-corrected chi connectivity index (χ2v) is 6.85. The Morgan fingerprint density at radius 3 is 2.57 bits per heavy atom. The summed E-state index contributed by atoms with van der Waals surface area (Å²) >= 11 is 6.31. The van der Waals surface area contributed by atoms with Crippen LogP contribution in [0.1, 0.15) is 51.9 Å². The van der Waals surface area contributed by atoms with E-state index in [4.69, 9.17) is 11.6 Å². The molecule has 116 valence electrons. The minimum atomic E-state index is 0.610. The molecule has 0 unspecified atom stereocenters. The number of hydrogen-bond acceptors (Lipinski definition) is 4. The Kier molecular flexibility index (Phi) is 4.53. The molecule has 5 heteroatoms. The monoisotopic (exact) mass is 308 g/mol. The summed E-state index contributed by atoms with van der Waals surface area (Å²) in [5, 5.41) is 3.83. The van der Waals surface area contributed by atoms with Gasteiger partial charge in [0.15, 0.2) is 5.82 Å². The van der Waals surface area contributed by atoms with Crippen LogP contribution in [-0.4, -0.2) is 29.6 Å². The minimum Gasteiger partial charge on any atom is -0.355 e. The van der Waals surface area contributed by atoms with Gasteiger partial charge >= 0.3 is 0 Å². The summed E-state index contributed by atoms with van der Waals surface area (Å²) in [6.45, 7) is 5.01. The zero-order valence-electron chi connectivity index (χ0n) is 12.9.